The van der Waals surface area contributed by atoms with E-state index < -0.39 is 18.0 Å². The van der Waals surface area contributed by atoms with Crippen molar-refractivity contribution >= 4 is 40.8 Å². The number of piperidine rings is 2. The number of likely N-dealkylation sites (N-methyl/N-ethyl adjacent to an activating group) is 1. The number of carbonyl (C=O) groups is 4. The first-order chi connectivity index (χ1) is 25.5. The Morgan fingerprint density at radius 1 is 0.943 bits per heavy atom. The van der Waals surface area contributed by atoms with Gasteiger partial charge in [-0.3, -0.25) is 19.5 Å². The predicted octanol–water partition coefficient (Wildman–Crippen LogP) is 4.54. The smallest absolute Gasteiger partial charge is 0.417 e. The standard InChI is InChI=1S/C32H39N5O6.C7H13NO2/c1-20-7-12-35(13-8-20)29(38)27(19-22-17-21(2)28-26(18-22)42-31(40)34-28)43-32(41)36-14-10-24(11-15-36)37-16-9-23-5-3-4-6-25(23)33-30(37)39;1-8-5-3-4-6(8)7(9)10-2/h3-6,17-18,20,24,27H,7-16,19H2,1-2H3,(H,33,39)(H,34,40);6H,3-5H2,1-2H3/t27-;6-/m10/s1. The molecule has 286 valence electrons. The molecule has 2 N–H and O–H groups in total. The maximum Gasteiger partial charge on any atom is 0.417 e. The van der Waals surface area contributed by atoms with E-state index in [2.05, 4.69) is 22.0 Å². The molecule has 2 aromatic carbocycles. The van der Waals surface area contributed by atoms with E-state index in [1.165, 1.54) is 7.11 Å². The molecule has 5 heterocycles. The van der Waals surface area contributed by atoms with Crippen LogP contribution in [0.4, 0.5) is 15.3 Å². The van der Waals surface area contributed by atoms with Crippen molar-refractivity contribution in [2.75, 3.05) is 58.7 Å². The van der Waals surface area contributed by atoms with Crippen LogP contribution in [0, 0.1) is 12.8 Å². The molecule has 3 saturated heterocycles. The molecule has 3 fully saturated rings. The number of oxazole rings is 1. The van der Waals surface area contributed by atoms with Crippen LogP contribution in [0.5, 0.6) is 0 Å². The van der Waals surface area contributed by atoms with Crippen LogP contribution in [-0.4, -0.2) is 120 Å². The van der Waals surface area contributed by atoms with Gasteiger partial charge in [0.2, 0.25) is 0 Å². The van der Waals surface area contributed by atoms with Crippen LogP contribution < -0.4 is 11.1 Å². The number of nitrogens with zero attached hydrogens (tertiary/aromatic N) is 4. The van der Waals surface area contributed by atoms with E-state index in [0.717, 1.165) is 61.0 Å². The fraction of sp³-hybridized carbons (Fsp3) is 0.564. The topological polar surface area (TPSA) is 158 Å². The van der Waals surface area contributed by atoms with Gasteiger partial charge >= 0.3 is 23.8 Å². The summed E-state index contributed by atoms with van der Waals surface area (Å²) in [5.41, 5.74) is 4.55. The number of aromatic nitrogens is 1. The molecule has 0 unspecified atom stereocenters. The van der Waals surface area contributed by atoms with E-state index in [1.54, 1.807) is 15.9 Å². The number of likely N-dealkylation sites (tertiary alicyclic amines) is 3. The number of nitrogens with one attached hydrogen (secondary N) is 2. The zero-order valence-corrected chi connectivity index (χ0v) is 31.2. The molecule has 2 atom stereocenters. The Hall–Kier alpha value is -4.85. The van der Waals surface area contributed by atoms with Gasteiger partial charge in [0.25, 0.3) is 5.91 Å². The van der Waals surface area contributed by atoms with E-state index in [4.69, 9.17) is 9.15 Å². The van der Waals surface area contributed by atoms with Gasteiger partial charge in [-0.1, -0.05) is 31.2 Å². The minimum atomic E-state index is -1.00. The third kappa shape index (κ3) is 9.03. The van der Waals surface area contributed by atoms with Crippen LogP contribution in [0.1, 0.15) is 62.1 Å². The Morgan fingerprint density at radius 3 is 2.36 bits per heavy atom. The van der Waals surface area contributed by atoms with Gasteiger partial charge in [0, 0.05) is 50.9 Å². The molecule has 4 aliphatic rings. The molecule has 4 amide bonds. The van der Waals surface area contributed by atoms with E-state index in [-0.39, 0.29) is 36.4 Å². The van der Waals surface area contributed by atoms with Gasteiger partial charge in [0.15, 0.2) is 11.7 Å². The van der Waals surface area contributed by atoms with Crippen molar-refractivity contribution < 1.29 is 33.1 Å². The minimum absolute atomic E-state index is 0.0110. The van der Waals surface area contributed by atoms with Crippen molar-refractivity contribution in [1.82, 2.24) is 24.6 Å². The van der Waals surface area contributed by atoms with Gasteiger partial charge in [-0.15, -0.1) is 0 Å². The number of hydrogen-bond donors (Lipinski definition) is 2. The van der Waals surface area contributed by atoms with Crippen LogP contribution in [0.15, 0.2) is 45.6 Å². The van der Waals surface area contributed by atoms with Crippen LogP contribution in [-0.2, 0) is 31.9 Å². The van der Waals surface area contributed by atoms with Gasteiger partial charge in [0.1, 0.15) is 6.04 Å². The zero-order valence-electron chi connectivity index (χ0n) is 31.2. The number of aryl methyl sites for hydroxylation is 1. The molecule has 7 rings (SSSR count). The predicted molar refractivity (Wildman–Crippen MR) is 199 cm³/mol. The lowest BCUT2D eigenvalue weighted by atomic mass is 9.98. The lowest BCUT2D eigenvalue weighted by Crippen LogP contribution is -2.51. The number of para-hydroxylation sites is 1. The summed E-state index contributed by atoms with van der Waals surface area (Å²) in [6, 6.07) is 11.4. The van der Waals surface area contributed by atoms with E-state index in [9.17, 15) is 24.0 Å². The Balaban J connectivity index is 0.000000417. The molecule has 4 aliphatic heterocycles. The van der Waals surface area contributed by atoms with Crippen LogP contribution in [0.25, 0.3) is 11.1 Å². The summed E-state index contributed by atoms with van der Waals surface area (Å²) in [4.78, 5) is 72.9. The fourth-order valence-electron chi connectivity index (χ4n) is 7.88. The monoisotopic (exact) mass is 732 g/mol. The Kier molecular flexibility index (Phi) is 12.1. The van der Waals surface area contributed by atoms with Crippen LogP contribution >= 0.6 is 0 Å². The maximum atomic E-state index is 13.7. The first-order valence-corrected chi connectivity index (χ1v) is 18.8. The van der Waals surface area contributed by atoms with Crippen molar-refractivity contribution in [3.63, 3.8) is 0 Å². The minimum Gasteiger partial charge on any atom is -0.468 e. The molecule has 3 aromatic rings. The average Bonchev–Trinajstić information content (AvgIpc) is 3.72. The largest absolute Gasteiger partial charge is 0.468 e. The number of aromatic amines is 1. The molecule has 14 heteroatoms. The number of amides is 4. The number of rotatable bonds is 6. The van der Waals surface area contributed by atoms with Gasteiger partial charge in [-0.25, -0.2) is 14.4 Å². The number of methoxy groups -OCH3 is 1. The molecular formula is C39H52N6O8. The van der Waals surface area contributed by atoms with Crippen molar-refractivity contribution in [1.29, 1.82) is 0 Å². The van der Waals surface area contributed by atoms with Crippen molar-refractivity contribution in [2.45, 2.75) is 83.4 Å². The van der Waals surface area contributed by atoms with E-state index >= 15 is 0 Å². The lowest BCUT2D eigenvalue weighted by Gasteiger charge is -2.38. The van der Waals surface area contributed by atoms with Crippen LogP contribution in [0.2, 0.25) is 0 Å². The van der Waals surface area contributed by atoms with Gasteiger partial charge < -0.3 is 33.9 Å². The number of anilines is 1. The Bertz CT molecular complexity index is 1840. The highest BCUT2D eigenvalue weighted by Crippen LogP contribution is 2.26. The number of fused-ring (bicyclic) bond motifs is 2. The number of H-pyrrole nitrogens is 1. The highest BCUT2D eigenvalue weighted by Gasteiger charge is 2.35. The fourth-order valence-corrected chi connectivity index (χ4v) is 7.88. The summed E-state index contributed by atoms with van der Waals surface area (Å²) in [5.74, 6) is -0.292. The van der Waals surface area contributed by atoms with Crippen molar-refractivity contribution in [3.05, 3.63) is 63.6 Å². The SMILES string of the molecule is COC(=O)[C@@H]1CCCN1C.Cc1cc(C[C@@H](OC(=O)N2CCC(N3CCc4ccccc4NC3=O)CC2)C(=O)N2CCC(C)CC2)cc2oc(=O)[nH]c12. The van der Waals surface area contributed by atoms with E-state index in [1.807, 2.05) is 54.1 Å². The maximum absolute atomic E-state index is 13.7. The highest BCUT2D eigenvalue weighted by atomic mass is 16.6. The molecule has 0 saturated carbocycles. The third-order valence-corrected chi connectivity index (χ3v) is 11.1. The average molecular weight is 733 g/mol. The Morgan fingerprint density at radius 2 is 1.66 bits per heavy atom. The molecule has 53 heavy (non-hydrogen) atoms. The summed E-state index contributed by atoms with van der Waals surface area (Å²) in [6.07, 6.45) is 4.55. The number of urea groups is 1. The second-order valence-corrected chi connectivity index (χ2v) is 14.8. The summed E-state index contributed by atoms with van der Waals surface area (Å²) >= 11 is 0. The molecule has 0 radical (unpaired) electrons. The van der Waals surface area contributed by atoms with Gasteiger partial charge in [-0.05, 0) is 100 Å². The first kappa shape index (κ1) is 37.9. The molecular weight excluding hydrogens is 680 g/mol. The van der Waals surface area contributed by atoms with Crippen molar-refractivity contribution in [3.8, 4) is 0 Å². The summed E-state index contributed by atoms with van der Waals surface area (Å²) in [7, 11) is 3.39. The Labute approximate surface area is 309 Å². The molecule has 1 aromatic heterocycles. The first-order valence-electron chi connectivity index (χ1n) is 18.8. The van der Waals surface area contributed by atoms with E-state index in [0.29, 0.717) is 62.6 Å². The molecule has 0 aliphatic carbocycles. The van der Waals surface area contributed by atoms with Gasteiger partial charge in [-0.2, -0.15) is 0 Å². The third-order valence-electron chi connectivity index (χ3n) is 11.1. The number of ether oxygens (including phenoxy) is 2. The number of benzene rings is 2. The number of carbonyl (C=O) groups excluding carboxylic acids is 4. The zero-order chi connectivity index (χ0) is 37.6. The normalized spacial score (nSPS) is 20.6. The quantitative estimate of drug-likeness (QED) is 0.347. The second kappa shape index (κ2) is 16.9. The highest BCUT2D eigenvalue weighted by molar-refractivity contribution is 5.91. The summed E-state index contributed by atoms with van der Waals surface area (Å²) < 4.78 is 15.9. The van der Waals surface area contributed by atoms with Crippen molar-refractivity contribution in [2.24, 2.45) is 5.92 Å². The van der Waals surface area contributed by atoms with Gasteiger partial charge in [0.05, 0.1) is 12.6 Å². The number of esters is 1. The number of hydrogen-bond acceptors (Lipinski definition) is 9. The summed E-state index contributed by atoms with van der Waals surface area (Å²) in [6.45, 7) is 7.80. The summed E-state index contributed by atoms with van der Waals surface area (Å²) in [5, 5.41) is 3.03. The van der Waals surface area contributed by atoms with Crippen LogP contribution in [0.3, 0.4) is 0 Å². The molecule has 0 spiro atoms. The lowest BCUT2D eigenvalue weighted by molar-refractivity contribution is -0.145. The second-order valence-electron chi connectivity index (χ2n) is 14.8. The molecule has 0 bridgehead atoms. The molecule has 14 nitrogen and oxygen atoms in total.